The third-order valence-electron chi connectivity index (χ3n) is 11.7. The first-order valence-corrected chi connectivity index (χ1v) is 21.9. The van der Waals surface area contributed by atoms with E-state index in [4.69, 9.17) is 19.9 Å². The molecule has 0 aliphatic rings. The monoisotopic (exact) mass is 869 g/mol. The Balaban J connectivity index is 1.07. The molecule has 10 nitrogen and oxygen atoms in total. The maximum absolute atomic E-state index is 11.1. The number of benzene rings is 8. The molecule has 4 heterocycles. The lowest BCUT2D eigenvalue weighted by Gasteiger charge is -2.14. The lowest BCUT2D eigenvalue weighted by Crippen LogP contribution is -2.01. The fraction of sp³-hybridized carbons (Fsp3) is 0. The number of aromatic hydroxyl groups is 5. The molecular formula is C52H31N5O5S2. The molecule has 0 fully saturated rings. The Morgan fingerprint density at radius 3 is 1.84 bits per heavy atom. The molecule has 12 aromatic rings. The topological polar surface area (TPSA) is 158 Å². The number of phenolic OH excluding ortho intramolecular Hbond substituents is 5. The van der Waals surface area contributed by atoms with E-state index in [0.717, 1.165) is 79.6 Å². The van der Waals surface area contributed by atoms with Gasteiger partial charge in [-0.05, 0) is 59.7 Å². The van der Waals surface area contributed by atoms with Gasteiger partial charge in [0.25, 0.3) is 0 Å². The first-order chi connectivity index (χ1) is 31.3. The Morgan fingerprint density at radius 2 is 1.05 bits per heavy atom. The zero-order chi connectivity index (χ0) is 43.2. The Hall–Kier alpha value is -8.32. The molecule has 0 amide bonds. The van der Waals surface area contributed by atoms with E-state index in [2.05, 4.69) is 95.6 Å². The van der Waals surface area contributed by atoms with Gasteiger partial charge in [-0.15, -0.1) is 22.7 Å². The number of para-hydroxylation sites is 1. The molecule has 0 unspecified atom stereocenters. The summed E-state index contributed by atoms with van der Waals surface area (Å²) in [7, 11) is 0. The van der Waals surface area contributed by atoms with E-state index in [-0.39, 0.29) is 17.5 Å². The normalized spacial score (nSPS) is 11.8. The number of fused-ring (bicyclic) bond motifs is 7. The molecule has 0 spiro atoms. The average molecular weight is 870 g/mol. The number of thiazole rings is 1. The average Bonchev–Trinajstić information content (AvgIpc) is 4.05. The first kappa shape index (κ1) is 37.4. The number of phenols is 5. The number of nitrogens with zero attached hydrogens (tertiary/aromatic N) is 5. The zero-order valence-electron chi connectivity index (χ0n) is 33.3. The van der Waals surface area contributed by atoms with Crippen LogP contribution in [0, 0.1) is 0 Å². The molecule has 12 heteroatoms. The predicted octanol–water partition coefficient (Wildman–Crippen LogP) is 12.8. The molecule has 0 aliphatic heterocycles. The summed E-state index contributed by atoms with van der Waals surface area (Å²) in [5.41, 5.74) is 7.89. The van der Waals surface area contributed by atoms with Crippen molar-refractivity contribution >= 4 is 74.9 Å². The van der Waals surface area contributed by atoms with Gasteiger partial charge in [-0.25, -0.2) is 19.9 Å². The molecule has 5 N–H and O–H groups in total. The lowest BCUT2D eigenvalue weighted by molar-refractivity contribution is 0.329. The summed E-state index contributed by atoms with van der Waals surface area (Å²) in [4.78, 5) is 19.4. The number of thiophene rings is 1. The van der Waals surface area contributed by atoms with Crippen molar-refractivity contribution in [3.05, 3.63) is 158 Å². The van der Waals surface area contributed by atoms with Crippen molar-refractivity contribution in [1.29, 1.82) is 0 Å². The standard InChI is InChI=1S/C52H31N5O5S2/c58-43-42(44(59)46(61)47(62)45(43)60)51-55-49(30-22-24-39-35(26-30)53-52(64-39)28-13-5-2-6-14-28)54-50(56-51)33-17-10-20-40-41(33)32-16-9-19-38(48(32)63-40)57-36-18-8-7-15-31(36)34-25-29(21-23-37(34)57)27-11-3-1-4-12-27/h1-26,58-62H. The van der Waals surface area contributed by atoms with E-state index in [9.17, 15) is 25.5 Å². The maximum atomic E-state index is 11.1. The van der Waals surface area contributed by atoms with Crippen molar-refractivity contribution in [2.24, 2.45) is 0 Å². The second-order valence-corrected chi connectivity index (χ2v) is 17.5. The Labute approximate surface area is 371 Å². The predicted molar refractivity (Wildman–Crippen MR) is 256 cm³/mol. The van der Waals surface area contributed by atoms with Gasteiger partial charge in [0.1, 0.15) is 10.6 Å². The van der Waals surface area contributed by atoms with Crippen LogP contribution in [0.2, 0.25) is 0 Å². The van der Waals surface area contributed by atoms with Crippen molar-refractivity contribution in [2.75, 3.05) is 0 Å². The summed E-state index contributed by atoms with van der Waals surface area (Å²) < 4.78 is 5.29. The van der Waals surface area contributed by atoms with Gasteiger partial charge in [0.2, 0.25) is 17.2 Å². The molecule has 0 saturated carbocycles. The van der Waals surface area contributed by atoms with Crippen LogP contribution in [0.4, 0.5) is 0 Å². The van der Waals surface area contributed by atoms with Crippen LogP contribution in [0.1, 0.15) is 0 Å². The quantitative estimate of drug-likeness (QED) is 0.0810. The van der Waals surface area contributed by atoms with Gasteiger partial charge >= 0.3 is 0 Å². The summed E-state index contributed by atoms with van der Waals surface area (Å²) >= 11 is 3.21. The number of hydrogen-bond acceptors (Lipinski definition) is 11. The number of rotatable bonds is 6. The van der Waals surface area contributed by atoms with Crippen molar-refractivity contribution in [3.8, 4) is 90.3 Å². The van der Waals surface area contributed by atoms with Gasteiger partial charge in [-0.3, -0.25) is 0 Å². The first-order valence-electron chi connectivity index (χ1n) is 20.3. The molecule has 12 rings (SSSR count). The highest BCUT2D eigenvalue weighted by Gasteiger charge is 2.28. The summed E-state index contributed by atoms with van der Waals surface area (Å²) in [6, 6.07) is 53.2. The molecule has 64 heavy (non-hydrogen) atoms. The van der Waals surface area contributed by atoms with Gasteiger partial charge in [-0.2, -0.15) is 0 Å². The Kier molecular flexibility index (Phi) is 8.41. The number of aromatic nitrogens is 5. The highest BCUT2D eigenvalue weighted by Crippen LogP contribution is 2.54. The van der Waals surface area contributed by atoms with Crippen LogP contribution in [0.25, 0.3) is 114 Å². The van der Waals surface area contributed by atoms with Gasteiger partial charge < -0.3 is 30.1 Å². The minimum Gasteiger partial charge on any atom is -0.504 e. The van der Waals surface area contributed by atoms with Gasteiger partial charge in [0.05, 0.1) is 31.6 Å². The second kappa shape index (κ2) is 14.4. The van der Waals surface area contributed by atoms with Crippen LogP contribution in [-0.4, -0.2) is 50.0 Å². The smallest absolute Gasteiger partial charge is 0.208 e. The summed E-state index contributed by atoms with van der Waals surface area (Å²) in [5, 5.41) is 58.8. The molecule has 4 aromatic heterocycles. The Bertz CT molecular complexity index is 3840. The zero-order valence-corrected chi connectivity index (χ0v) is 34.9. The van der Waals surface area contributed by atoms with Crippen LogP contribution in [0.3, 0.4) is 0 Å². The van der Waals surface area contributed by atoms with Gasteiger partial charge in [0.15, 0.2) is 29.0 Å². The van der Waals surface area contributed by atoms with Gasteiger partial charge in [-0.1, -0.05) is 109 Å². The molecule has 0 bridgehead atoms. The van der Waals surface area contributed by atoms with E-state index in [1.165, 1.54) is 0 Å². The summed E-state index contributed by atoms with van der Waals surface area (Å²) in [6.07, 6.45) is 0. The molecule has 0 atom stereocenters. The van der Waals surface area contributed by atoms with Crippen LogP contribution < -0.4 is 0 Å². The molecule has 0 saturated heterocycles. The molecule has 0 aliphatic carbocycles. The minimum atomic E-state index is -1.08. The van der Waals surface area contributed by atoms with Crippen molar-refractivity contribution in [2.45, 2.75) is 0 Å². The fourth-order valence-corrected chi connectivity index (χ4v) is 10.8. The summed E-state index contributed by atoms with van der Waals surface area (Å²) in [5.74, 6) is -4.84. The van der Waals surface area contributed by atoms with Gasteiger partial charge in [0, 0.05) is 42.9 Å². The summed E-state index contributed by atoms with van der Waals surface area (Å²) in [6.45, 7) is 0. The van der Waals surface area contributed by atoms with Crippen LogP contribution in [0.15, 0.2) is 158 Å². The van der Waals surface area contributed by atoms with E-state index < -0.39 is 34.3 Å². The largest absolute Gasteiger partial charge is 0.504 e. The maximum Gasteiger partial charge on any atom is 0.208 e. The third-order valence-corrected chi connectivity index (χ3v) is 13.9. The second-order valence-electron chi connectivity index (χ2n) is 15.4. The van der Waals surface area contributed by atoms with E-state index in [1.807, 2.05) is 66.7 Å². The van der Waals surface area contributed by atoms with Crippen LogP contribution in [0.5, 0.6) is 28.7 Å². The lowest BCUT2D eigenvalue weighted by atomic mass is 10.0. The Morgan fingerprint density at radius 1 is 0.406 bits per heavy atom. The van der Waals surface area contributed by atoms with Crippen LogP contribution in [-0.2, 0) is 0 Å². The highest BCUT2D eigenvalue weighted by atomic mass is 32.1. The number of hydrogen-bond donors (Lipinski definition) is 5. The van der Waals surface area contributed by atoms with E-state index in [0.29, 0.717) is 11.1 Å². The highest BCUT2D eigenvalue weighted by molar-refractivity contribution is 7.26. The molecule has 0 radical (unpaired) electrons. The third kappa shape index (κ3) is 5.77. The van der Waals surface area contributed by atoms with Crippen molar-refractivity contribution in [1.82, 2.24) is 24.5 Å². The van der Waals surface area contributed by atoms with Crippen molar-refractivity contribution in [3.63, 3.8) is 0 Å². The van der Waals surface area contributed by atoms with Crippen LogP contribution >= 0.6 is 22.7 Å². The SMILES string of the molecule is Oc1c(O)c(O)c(-c2nc(-c3ccc4sc(-c5ccccc5)nc4c3)nc(-c3cccc4sc5c(-n6c7ccccc7c7cc(-c8ccccc8)ccc76)cccc5c34)n2)c(O)c1O. The van der Waals surface area contributed by atoms with E-state index in [1.54, 1.807) is 22.7 Å². The van der Waals surface area contributed by atoms with E-state index >= 15 is 0 Å². The van der Waals surface area contributed by atoms with Crippen molar-refractivity contribution < 1.29 is 25.5 Å². The minimum absolute atomic E-state index is 0.180. The molecular weight excluding hydrogens is 839 g/mol. The molecule has 306 valence electrons. The molecule has 8 aromatic carbocycles. The fourth-order valence-electron chi connectivity index (χ4n) is 8.64.